The summed E-state index contributed by atoms with van der Waals surface area (Å²) in [5.41, 5.74) is 4.11. The topological polar surface area (TPSA) is 68.0 Å². The molecule has 0 spiro atoms. The molecule has 2 aromatic heterocycles. The molecule has 2 atom stereocenters. The molecule has 1 N–H and O–H groups in total. The highest BCUT2D eigenvalue weighted by Gasteiger charge is 2.43. The molecule has 24 heavy (non-hydrogen) atoms. The Morgan fingerprint density at radius 2 is 2.08 bits per heavy atom. The molecule has 1 fully saturated rings. The molecule has 2 heterocycles. The number of carboxylic acids is 1. The van der Waals surface area contributed by atoms with Crippen LogP contribution < -0.4 is 0 Å². The molecule has 0 radical (unpaired) electrons. The van der Waals surface area contributed by atoms with Gasteiger partial charge in [0.15, 0.2) is 5.65 Å². The zero-order chi connectivity index (χ0) is 17.0. The van der Waals surface area contributed by atoms with Crippen molar-refractivity contribution in [2.24, 2.45) is 7.05 Å². The van der Waals surface area contributed by atoms with Gasteiger partial charge in [-0.1, -0.05) is 17.7 Å². The number of hydrogen-bond acceptors (Lipinski definition) is 3. The number of benzene rings is 1. The van der Waals surface area contributed by atoms with Crippen LogP contribution in [-0.4, -0.2) is 25.8 Å². The molecule has 2 unspecified atom stereocenters. The molecule has 5 nitrogen and oxygen atoms in total. The maximum atomic E-state index is 11.0. The summed E-state index contributed by atoms with van der Waals surface area (Å²) >= 11 is 6.30. The second kappa shape index (κ2) is 5.31. The summed E-state index contributed by atoms with van der Waals surface area (Å²) in [6.45, 7) is 1.97. The quantitative estimate of drug-likeness (QED) is 0.784. The van der Waals surface area contributed by atoms with Crippen LogP contribution in [0.2, 0.25) is 5.02 Å². The minimum atomic E-state index is -0.965. The van der Waals surface area contributed by atoms with Gasteiger partial charge in [0, 0.05) is 29.1 Å². The summed E-state index contributed by atoms with van der Waals surface area (Å²) in [6, 6.07) is 9.03. The van der Waals surface area contributed by atoms with Crippen LogP contribution in [0, 0.1) is 6.92 Å². The minimum Gasteiger partial charge on any atom is -0.478 e. The van der Waals surface area contributed by atoms with E-state index in [1.54, 1.807) is 6.07 Å². The number of rotatable bonds is 3. The van der Waals surface area contributed by atoms with E-state index in [2.05, 4.69) is 16.1 Å². The third kappa shape index (κ3) is 2.36. The average molecular weight is 342 g/mol. The first-order chi connectivity index (χ1) is 11.5. The molecule has 1 aliphatic rings. The lowest BCUT2D eigenvalue weighted by Crippen LogP contribution is -1.97. The Morgan fingerprint density at radius 3 is 2.79 bits per heavy atom. The van der Waals surface area contributed by atoms with Gasteiger partial charge in [0.25, 0.3) is 0 Å². The van der Waals surface area contributed by atoms with E-state index in [0.29, 0.717) is 10.9 Å². The number of nitrogens with zero attached hydrogens (tertiary/aromatic N) is 3. The number of carbonyl (C=O) groups is 1. The zero-order valence-corrected chi connectivity index (χ0v) is 14.1. The van der Waals surface area contributed by atoms with Gasteiger partial charge < -0.3 is 5.11 Å². The molecule has 4 rings (SSSR count). The number of carboxylic acid groups (broad SMARTS) is 1. The molecule has 0 saturated heterocycles. The summed E-state index contributed by atoms with van der Waals surface area (Å²) in [7, 11) is 1.91. The number of hydrogen-bond donors (Lipinski definition) is 1. The second-order valence-electron chi connectivity index (χ2n) is 6.32. The van der Waals surface area contributed by atoms with Crippen molar-refractivity contribution < 1.29 is 9.90 Å². The van der Waals surface area contributed by atoms with Gasteiger partial charge in [0.05, 0.1) is 11.3 Å². The van der Waals surface area contributed by atoms with Crippen LogP contribution in [0.3, 0.4) is 0 Å². The molecule has 6 heteroatoms. The Hall–Kier alpha value is -2.40. The lowest BCUT2D eigenvalue weighted by molar-refractivity contribution is 0.0697. The molecule has 3 aromatic rings. The second-order valence-corrected chi connectivity index (χ2v) is 6.73. The smallest absolute Gasteiger partial charge is 0.335 e. The number of aromatic carboxylic acids is 1. The molecule has 0 bridgehead atoms. The number of fused-ring (bicyclic) bond motifs is 1. The van der Waals surface area contributed by atoms with E-state index in [1.165, 1.54) is 6.07 Å². The van der Waals surface area contributed by atoms with Crippen LogP contribution in [0.15, 0.2) is 30.3 Å². The van der Waals surface area contributed by atoms with Crippen LogP contribution in [0.5, 0.6) is 0 Å². The maximum Gasteiger partial charge on any atom is 0.335 e. The molecule has 0 aliphatic heterocycles. The highest BCUT2D eigenvalue weighted by molar-refractivity contribution is 6.31. The summed E-state index contributed by atoms with van der Waals surface area (Å²) in [5, 5.41) is 15.3. The van der Waals surface area contributed by atoms with E-state index in [-0.39, 0.29) is 11.5 Å². The molecular formula is C18H16ClN3O2. The Bertz CT molecular complexity index is 980. The SMILES string of the molecule is Cc1ccc2c(C3CC3c3ccc(C(=O)O)cc3Cl)nn(C)c2n1. The fraction of sp³-hybridized carbons (Fsp3) is 0.278. The summed E-state index contributed by atoms with van der Waals surface area (Å²) in [6.07, 6.45) is 0.964. The van der Waals surface area contributed by atoms with E-state index in [1.807, 2.05) is 30.8 Å². The van der Waals surface area contributed by atoms with E-state index in [4.69, 9.17) is 16.7 Å². The Kier molecular flexibility index (Phi) is 3.35. The van der Waals surface area contributed by atoms with E-state index >= 15 is 0 Å². The zero-order valence-electron chi connectivity index (χ0n) is 13.3. The van der Waals surface area contributed by atoms with Crippen molar-refractivity contribution in [2.45, 2.75) is 25.2 Å². The Morgan fingerprint density at radius 1 is 1.29 bits per heavy atom. The summed E-state index contributed by atoms with van der Waals surface area (Å²) in [4.78, 5) is 15.6. The molecule has 1 aromatic carbocycles. The number of aromatic nitrogens is 3. The first-order valence-electron chi connectivity index (χ1n) is 7.78. The third-order valence-electron chi connectivity index (χ3n) is 4.64. The van der Waals surface area contributed by atoms with E-state index < -0.39 is 5.97 Å². The van der Waals surface area contributed by atoms with Crippen molar-refractivity contribution in [3.63, 3.8) is 0 Å². The van der Waals surface area contributed by atoms with Gasteiger partial charge in [-0.25, -0.2) is 9.78 Å². The highest BCUT2D eigenvalue weighted by Crippen LogP contribution is 2.56. The lowest BCUT2D eigenvalue weighted by Gasteiger charge is -2.04. The normalized spacial score (nSPS) is 19.6. The van der Waals surface area contributed by atoms with Gasteiger partial charge in [0.2, 0.25) is 0 Å². The largest absolute Gasteiger partial charge is 0.478 e. The van der Waals surface area contributed by atoms with Gasteiger partial charge in [-0.05, 0) is 49.1 Å². The fourth-order valence-corrected chi connectivity index (χ4v) is 3.65. The minimum absolute atomic E-state index is 0.212. The number of halogens is 1. The van der Waals surface area contributed by atoms with Gasteiger partial charge >= 0.3 is 5.97 Å². The number of pyridine rings is 1. The molecule has 0 amide bonds. The van der Waals surface area contributed by atoms with Crippen molar-refractivity contribution in [3.05, 3.63) is 57.9 Å². The van der Waals surface area contributed by atoms with Crippen LogP contribution in [0.4, 0.5) is 0 Å². The predicted octanol–water partition coefficient (Wildman–Crippen LogP) is 3.90. The van der Waals surface area contributed by atoms with Crippen molar-refractivity contribution in [1.82, 2.24) is 14.8 Å². The van der Waals surface area contributed by atoms with Crippen LogP contribution in [0.1, 0.15) is 45.6 Å². The first kappa shape index (κ1) is 15.1. The standard InChI is InChI=1S/C18H16ClN3O2/c1-9-3-5-12-16(21-22(2)17(12)20-9)14-8-13(14)11-6-4-10(18(23)24)7-15(11)19/h3-7,13-14H,8H2,1-2H3,(H,23,24). The molecule has 1 saturated carbocycles. The van der Waals surface area contributed by atoms with Gasteiger partial charge in [-0.15, -0.1) is 0 Å². The molecule has 1 aliphatic carbocycles. The first-order valence-corrected chi connectivity index (χ1v) is 8.16. The fourth-order valence-electron chi connectivity index (χ4n) is 3.33. The third-order valence-corrected chi connectivity index (χ3v) is 4.97. The predicted molar refractivity (Wildman–Crippen MR) is 91.8 cm³/mol. The van der Waals surface area contributed by atoms with Crippen molar-refractivity contribution in [2.75, 3.05) is 0 Å². The Balaban J connectivity index is 1.69. The van der Waals surface area contributed by atoms with Crippen molar-refractivity contribution >= 4 is 28.6 Å². The summed E-state index contributed by atoms with van der Waals surface area (Å²) < 4.78 is 1.82. The summed E-state index contributed by atoms with van der Waals surface area (Å²) in [5.74, 6) is -0.390. The lowest BCUT2D eigenvalue weighted by atomic mass is 10.0. The Labute approximate surface area is 143 Å². The average Bonchev–Trinajstić information content (AvgIpc) is 3.26. The van der Waals surface area contributed by atoms with Crippen LogP contribution in [-0.2, 0) is 7.05 Å². The van der Waals surface area contributed by atoms with Crippen molar-refractivity contribution in [3.8, 4) is 0 Å². The maximum absolute atomic E-state index is 11.0. The monoisotopic (exact) mass is 341 g/mol. The van der Waals surface area contributed by atoms with Gasteiger partial charge in [-0.3, -0.25) is 4.68 Å². The van der Waals surface area contributed by atoms with Gasteiger partial charge in [0.1, 0.15) is 0 Å². The van der Waals surface area contributed by atoms with E-state index in [9.17, 15) is 4.79 Å². The van der Waals surface area contributed by atoms with Crippen LogP contribution >= 0.6 is 11.6 Å². The highest BCUT2D eigenvalue weighted by atomic mass is 35.5. The van der Waals surface area contributed by atoms with Crippen molar-refractivity contribution in [1.29, 1.82) is 0 Å². The van der Waals surface area contributed by atoms with E-state index in [0.717, 1.165) is 34.4 Å². The van der Waals surface area contributed by atoms with Gasteiger partial charge in [-0.2, -0.15) is 5.10 Å². The van der Waals surface area contributed by atoms with Crippen LogP contribution in [0.25, 0.3) is 11.0 Å². The molecular weight excluding hydrogens is 326 g/mol. The molecule has 122 valence electrons. The number of aryl methyl sites for hydroxylation is 2.